The fourth-order valence-electron chi connectivity index (χ4n) is 3.38. The zero-order chi connectivity index (χ0) is 17.0. The van der Waals surface area contributed by atoms with Crippen molar-refractivity contribution in [1.82, 2.24) is 19.7 Å². The number of aryl methyl sites for hydroxylation is 1. The van der Waals surface area contributed by atoms with E-state index in [0.717, 1.165) is 29.0 Å². The number of hydrogen-bond donors (Lipinski definition) is 1. The van der Waals surface area contributed by atoms with Gasteiger partial charge in [0.05, 0.1) is 24.7 Å². The number of nitrogens with two attached hydrogens (primary N) is 1. The zero-order valence-electron chi connectivity index (χ0n) is 13.8. The highest BCUT2D eigenvalue weighted by atomic mass is 16.7. The molecule has 2 saturated heterocycles. The summed E-state index contributed by atoms with van der Waals surface area (Å²) < 4.78 is 13.2. The molecule has 2 aromatic heterocycles. The number of ether oxygens (including phenoxy) is 2. The van der Waals surface area contributed by atoms with Crippen molar-refractivity contribution in [3.63, 3.8) is 0 Å². The van der Waals surface area contributed by atoms with E-state index in [9.17, 15) is 0 Å². The zero-order valence-corrected chi connectivity index (χ0v) is 13.8. The Hall–Kier alpha value is -2.71. The molecular weight excluding hydrogens is 320 g/mol. The summed E-state index contributed by atoms with van der Waals surface area (Å²) in [6.07, 6.45) is 1.70. The molecule has 2 N–H and O–H groups in total. The van der Waals surface area contributed by atoms with Gasteiger partial charge in [0.25, 0.3) is 0 Å². The molecule has 2 fully saturated rings. The number of anilines is 2. The predicted octanol–water partition coefficient (Wildman–Crippen LogP) is 1.17. The Morgan fingerprint density at radius 3 is 2.80 bits per heavy atom. The van der Waals surface area contributed by atoms with Crippen LogP contribution >= 0.6 is 0 Å². The van der Waals surface area contributed by atoms with Gasteiger partial charge < -0.3 is 20.1 Å². The molecule has 8 nitrogen and oxygen atoms in total. The molecule has 2 aliphatic heterocycles. The molecule has 8 heteroatoms. The molecule has 4 heterocycles. The molecule has 3 aromatic rings. The average Bonchev–Trinajstić information content (AvgIpc) is 3.17. The Morgan fingerprint density at radius 2 is 2.00 bits per heavy atom. The molecule has 0 spiro atoms. The molecule has 2 aliphatic rings. The van der Waals surface area contributed by atoms with Crippen molar-refractivity contribution >= 4 is 22.5 Å². The van der Waals surface area contributed by atoms with E-state index in [0.29, 0.717) is 24.7 Å². The van der Waals surface area contributed by atoms with E-state index < -0.39 is 0 Å². The van der Waals surface area contributed by atoms with Crippen LogP contribution in [0.2, 0.25) is 0 Å². The second kappa shape index (κ2) is 5.40. The molecule has 128 valence electrons. The van der Waals surface area contributed by atoms with Crippen molar-refractivity contribution < 1.29 is 9.47 Å². The quantitative estimate of drug-likeness (QED) is 0.701. The summed E-state index contributed by atoms with van der Waals surface area (Å²) in [7, 11) is 1.89. The summed E-state index contributed by atoms with van der Waals surface area (Å²) in [6.45, 7) is 2.03. The number of nitrogen functional groups attached to an aromatic ring is 1. The molecule has 0 radical (unpaired) electrons. The Bertz CT molecular complexity index is 926. The second-order valence-corrected chi connectivity index (χ2v) is 6.42. The van der Waals surface area contributed by atoms with E-state index in [2.05, 4.69) is 10.00 Å². The molecular formula is C17H18N6O2. The van der Waals surface area contributed by atoms with Crippen molar-refractivity contribution in [3.8, 4) is 11.4 Å². The standard InChI is InChI=1S/C17H18N6O2/c1-22-16-13(6-19-22)17(23-7-12-9-24-14(8-23)25-12)21-15(20-16)10-2-4-11(18)5-3-10/h2-6,12,14H,7-9,18H2,1H3. The molecule has 1 aromatic carbocycles. The van der Waals surface area contributed by atoms with Crippen LogP contribution < -0.4 is 10.6 Å². The van der Waals surface area contributed by atoms with Crippen LogP contribution in [0.5, 0.6) is 0 Å². The van der Waals surface area contributed by atoms with E-state index in [1.807, 2.05) is 37.5 Å². The number of nitrogens with zero attached hydrogens (tertiary/aromatic N) is 5. The highest BCUT2D eigenvalue weighted by Gasteiger charge is 2.36. The van der Waals surface area contributed by atoms with E-state index in [4.69, 9.17) is 25.2 Å². The molecule has 25 heavy (non-hydrogen) atoms. The van der Waals surface area contributed by atoms with E-state index >= 15 is 0 Å². The molecule has 0 saturated carbocycles. The van der Waals surface area contributed by atoms with Crippen LogP contribution in [-0.2, 0) is 16.5 Å². The smallest absolute Gasteiger partial charge is 0.175 e. The SMILES string of the molecule is Cn1ncc2c(N3CC4COC(C3)O4)nc(-c3ccc(N)cc3)nc21. The number of morpholine rings is 1. The van der Waals surface area contributed by atoms with Crippen LogP contribution in [0.15, 0.2) is 30.5 Å². The van der Waals surface area contributed by atoms with Crippen molar-refractivity contribution in [3.05, 3.63) is 30.5 Å². The van der Waals surface area contributed by atoms with E-state index in [1.54, 1.807) is 4.68 Å². The maximum atomic E-state index is 5.80. The van der Waals surface area contributed by atoms with Gasteiger partial charge >= 0.3 is 0 Å². The first-order chi connectivity index (χ1) is 12.2. The van der Waals surface area contributed by atoms with Gasteiger partial charge in [-0.2, -0.15) is 5.10 Å². The van der Waals surface area contributed by atoms with Crippen molar-refractivity contribution in [2.45, 2.75) is 12.4 Å². The Kier molecular flexibility index (Phi) is 3.16. The fraction of sp³-hybridized carbons (Fsp3) is 0.353. The Labute approximate surface area is 144 Å². The number of hydrogen-bond acceptors (Lipinski definition) is 7. The van der Waals surface area contributed by atoms with Gasteiger partial charge in [0.15, 0.2) is 17.8 Å². The van der Waals surface area contributed by atoms with Crippen LogP contribution in [0.25, 0.3) is 22.4 Å². The number of benzene rings is 1. The van der Waals surface area contributed by atoms with Crippen LogP contribution in [-0.4, -0.2) is 51.8 Å². The maximum absolute atomic E-state index is 5.80. The summed E-state index contributed by atoms with van der Waals surface area (Å²) in [5, 5.41) is 5.29. The van der Waals surface area contributed by atoms with E-state index in [-0.39, 0.29) is 12.4 Å². The molecule has 0 amide bonds. The third kappa shape index (κ3) is 2.41. The number of fused-ring (bicyclic) bond motifs is 3. The van der Waals surface area contributed by atoms with Gasteiger partial charge in [-0.3, -0.25) is 4.68 Å². The predicted molar refractivity (Wildman–Crippen MR) is 93.0 cm³/mol. The van der Waals surface area contributed by atoms with Crippen LogP contribution in [0.3, 0.4) is 0 Å². The third-order valence-electron chi connectivity index (χ3n) is 4.65. The summed E-state index contributed by atoms with van der Waals surface area (Å²) in [5.74, 6) is 1.53. The lowest BCUT2D eigenvalue weighted by molar-refractivity contribution is -0.0626. The Balaban J connectivity index is 1.65. The molecule has 5 rings (SSSR count). The van der Waals surface area contributed by atoms with Gasteiger partial charge in [-0.05, 0) is 24.3 Å². The number of aromatic nitrogens is 4. The lowest BCUT2D eigenvalue weighted by Gasteiger charge is -2.31. The highest BCUT2D eigenvalue weighted by molar-refractivity contribution is 5.88. The first kappa shape index (κ1) is 14.6. The van der Waals surface area contributed by atoms with Crippen LogP contribution in [0.4, 0.5) is 11.5 Å². The van der Waals surface area contributed by atoms with Gasteiger partial charge in [-0.25, -0.2) is 9.97 Å². The summed E-state index contributed by atoms with van der Waals surface area (Å²) in [6, 6.07) is 7.58. The minimum absolute atomic E-state index is 0.0837. The monoisotopic (exact) mass is 338 g/mol. The molecule has 0 aliphatic carbocycles. The highest BCUT2D eigenvalue weighted by Crippen LogP contribution is 2.31. The first-order valence-electron chi connectivity index (χ1n) is 8.25. The molecule has 2 bridgehead atoms. The summed E-state index contributed by atoms with van der Waals surface area (Å²) in [5.41, 5.74) is 8.24. The van der Waals surface area contributed by atoms with Crippen LogP contribution in [0.1, 0.15) is 0 Å². The van der Waals surface area contributed by atoms with Crippen molar-refractivity contribution in [2.24, 2.45) is 7.05 Å². The summed E-state index contributed by atoms with van der Waals surface area (Å²) >= 11 is 0. The number of rotatable bonds is 2. The summed E-state index contributed by atoms with van der Waals surface area (Å²) in [4.78, 5) is 11.8. The minimum Gasteiger partial charge on any atom is -0.399 e. The van der Waals surface area contributed by atoms with Crippen molar-refractivity contribution in [2.75, 3.05) is 30.3 Å². The van der Waals surface area contributed by atoms with E-state index in [1.165, 1.54) is 0 Å². The molecule has 2 atom stereocenters. The van der Waals surface area contributed by atoms with Gasteiger partial charge in [0, 0.05) is 24.8 Å². The average molecular weight is 338 g/mol. The molecule has 2 unspecified atom stereocenters. The second-order valence-electron chi connectivity index (χ2n) is 6.42. The van der Waals surface area contributed by atoms with Crippen LogP contribution in [0, 0.1) is 0 Å². The minimum atomic E-state index is -0.194. The third-order valence-corrected chi connectivity index (χ3v) is 4.65. The topological polar surface area (TPSA) is 91.3 Å². The maximum Gasteiger partial charge on any atom is 0.175 e. The van der Waals surface area contributed by atoms with Gasteiger partial charge in [-0.15, -0.1) is 0 Å². The largest absolute Gasteiger partial charge is 0.399 e. The Morgan fingerprint density at radius 1 is 1.16 bits per heavy atom. The van der Waals surface area contributed by atoms with Gasteiger partial charge in [-0.1, -0.05) is 0 Å². The normalized spacial score (nSPS) is 22.7. The lowest BCUT2D eigenvalue weighted by atomic mass is 10.2. The lowest BCUT2D eigenvalue weighted by Crippen LogP contribution is -2.43. The first-order valence-corrected chi connectivity index (χ1v) is 8.25. The van der Waals surface area contributed by atoms with Gasteiger partial charge in [0.1, 0.15) is 11.9 Å². The fourth-order valence-corrected chi connectivity index (χ4v) is 3.38. The van der Waals surface area contributed by atoms with Crippen molar-refractivity contribution in [1.29, 1.82) is 0 Å². The van der Waals surface area contributed by atoms with Gasteiger partial charge in [0.2, 0.25) is 0 Å².